The maximum absolute atomic E-state index is 4.84. The standard InChI is InChI=1S/C25H17N3/c1-2-8-18-14-25-21(13-17(18)7-1)20-9-3-6-12-24(20)28(25)16-19-15-26-22-10-4-5-11-23(22)27-19/h1-15H,16H2. The van der Waals surface area contributed by atoms with Gasteiger partial charge in [0.1, 0.15) is 0 Å². The minimum absolute atomic E-state index is 0.695. The number of hydrogen-bond donors (Lipinski definition) is 0. The van der Waals surface area contributed by atoms with Crippen LogP contribution < -0.4 is 0 Å². The van der Waals surface area contributed by atoms with Crippen LogP contribution in [0.4, 0.5) is 0 Å². The fourth-order valence-electron chi connectivity index (χ4n) is 4.14. The SMILES string of the molecule is c1ccc2cc3c(cc2c1)c1ccccc1n3Cc1cnc2ccccc2n1. The first kappa shape index (κ1) is 15.3. The van der Waals surface area contributed by atoms with Gasteiger partial charge in [0, 0.05) is 16.3 Å². The monoisotopic (exact) mass is 359 g/mol. The van der Waals surface area contributed by atoms with Gasteiger partial charge in [-0.05, 0) is 41.1 Å². The lowest BCUT2D eigenvalue weighted by Gasteiger charge is -2.08. The third-order valence-electron chi connectivity index (χ3n) is 5.46. The van der Waals surface area contributed by atoms with Crippen molar-refractivity contribution in [1.29, 1.82) is 0 Å². The number of benzene rings is 4. The topological polar surface area (TPSA) is 30.7 Å². The maximum Gasteiger partial charge on any atom is 0.0890 e. The smallest absolute Gasteiger partial charge is 0.0890 e. The Morgan fingerprint density at radius 3 is 2.25 bits per heavy atom. The zero-order chi connectivity index (χ0) is 18.5. The largest absolute Gasteiger partial charge is 0.334 e. The predicted molar refractivity (Wildman–Crippen MR) is 116 cm³/mol. The Bertz CT molecular complexity index is 1490. The van der Waals surface area contributed by atoms with Crippen molar-refractivity contribution in [3.05, 3.63) is 96.8 Å². The number of nitrogens with zero attached hydrogens (tertiary/aromatic N) is 3. The lowest BCUT2D eigenvalue weighted by atomic mass is 10.1. The number of fused-ring (bicyclic) bond motifs is 5. The van der Waals surface area contributed by atoms with Crippen LogP contribution in [0.3, 0.4) is 0 Å². The second-order valence-electron chi connectivity index (χ2n) is 7.17. The van der Waals surface area contributed by atoms with Crippen LogP contribution in [-0.4, -0.2) is 14.5 Å². The van der Waals surface area contributed by atoms with Gasteiger partial charge in [-0.1, -0.05) is 54.6 Å². The van der Waals surface area contributed by atoms with E-state index in [1.807, 2.05) is 30.5 Å². The molecule has 3 heteroatoms. The Labute approximate surface area is 161 Å². The number of hydrogen-bond acceptors (Lipinski definition) is 2. The van der Waals surface area contributed by atoms with E-state index in [4.69, 9.17) is 4.98 Å². The molecule has 0 bridgehead atoms. The van der Waals surface area contributed by atoms with Crippen molar-refractivity contribution in [2.75, 3.05) is 0 Å². The number of para-hydroxylation sites is 3. The summed E-state index contributed by atoms with van der Waals surface area (Å²) in [6, 6.07) is 29.8. The Balaban J connectivity index is 1.62. The maximum atomic E-state index is 4.84. The third kappa shape index (κ3) is 2.30. The van der Waals surface area contributed by atoms with E-state index in [1.165, 1.54) is 32.6 Å². The lowest BCUT2D eigenvalue weighted by Crippen LogP contribution is -2.02. The highest BCUT2D eigenvalue weighted by molar-refractivity contribution is 6.12. The van der Waals surface area contributed by atoms with E-state index >= 15 is 0 Å². The van der Waals surface area contributed by atoms with Gasteiger partial charge in [0.25, 0.3) is 0 Å². The van der Waals surface area contributed by atoms with Crippen molar-refractivity contribution in [2.24, 2.45) is 0 Å². The van der Waals surface area contributed by atoms with Crippen LogP contribution in [-0.2, 0) is 6.54 Å². The molecule has 6 aromatic rings. The van der Waals surface area contributed by atoms with E-state index in [0.717, 1.165) is 16.7 Å². The van der Waals surface area contributed by atoms with Gasteiger partial charge in [-0.3, -0.25) is 4.98 Å². The highest BCUT2D eigenvalue weighted by Crippen LogP contribution is 2.32. The molecule has 0 N–H and O–H groups in total. The van der Waals surface area contributed by atoms with Gasteiger partial charge in [0.05, 0.1) is 35.0 Å². The molecule has 28 heavy (non-hydrogen) atoms. The van der Waals surface area contributed by atoms with Gasteiger partial charge in [-0.15, -0.1) is 0 Å². The normalized spacial score (nSPS) is 11.7. The molecule has 6 rings (SSSR count). The molecule has 0 saturated heterocycles. The summed E-state index contributed by atoms with van der Waals surface area (Å²) in [6.45, 7) is 0.695. The molecule has 0 amide bonds. The Kier molecular flexibility index (Phi) is 3.23. The van der Waals surface area contributed by atoms with E-state index in [1.54, 1.807) is 0 Å². The molecule has 3 nitrogen and oxygen atoms in total. The molecule has 2 heterocycles. The summed E-state index contributed by atoms with van der Waals surface area (Å²) < 4.78 is 2.36. The molecular weight excluding hydrogens is 342 g/mol. The molecule has 0 saturated carbocycles. The summed E-state index contributed by atoms with van der Waals surface area (Å²) >= 11 is 0. The van der Waals surface area contributed by atoms with Gasteiger partial charge in [0.2, 0.25) is 0 Å². The molecule has 132 valence electrons. The first-order valence-corrected chi connectivity index (χ1v) is 9.47. The minimum Gasteiger partial charge on any atom is -0.334 e. The second-order valence-corrected chi connectivity index (χ2v) is 7.17. The van der Waals surface area contributed by atoms with Gasteiger partial charge >= 0.3 is 0 Å². The molecule has 0 aliphatic heterocycles. The summed E-state index contributed by atoms with van der Waals surface area (Å²) in [5.74, 6) is 0. The molecule has 4 aromatic carbocycles. The summed E-state index contributed by atoms with van der Waals surface area (Å²) in [6.07, 6.45) is 1.89. The molecule has 0 atom stereocenters. The molecule has 0 unspecified atom stereocenters. The highest BCUT2D eigenvalue weighted by atomic mass is 15.0. The van der Waals surface area contributed by atoms with Crippen LogP contribution in [0.2, 0.25) is 0 Å². The molecular formula is C25H17N3. The summed E-state index contributed by atoms with van der Waals surface area (Å²) in [7, 11) is 0. The van der Waals surface area contributed by atoms with Crippen molar-refractivity contribution in [3.63, 3.8) is 0 Å². The van der Waals surface area contributed by atoms with Crippen molar-refractivity contribution in [2.45, 2.75) is 6.54 Å². The van der Waals surface area contributed by atoms with Crippen molar-refractivity contribution in [1.82, 2.24) is 14.5 Å². The number of rotatable bonds is 2. The zero-order valence-corrected chi connectivity index (χ0v) is 15.2. The van der Waals surface area contributed by atoms with E-state index in [9.17, 15) is 0 Å². The van der Waals surface area contributed by atoms with Crippen LogP contribution >= 0.6 is 0 Å². The highest BCUT2D eigenvalue weighted by Gasteiger charge is 2.12. The van der Waals surface area contributed by atoms with Crippen LogP contribution in [0, 0.1) is 0 Å². The summed E-state index contributed by atoms with van der Waals surface area (Å²) in [5, 5.41) is 5.08. The van der Waals surface area contributed by atoms with Gasteiger partial charge in [0.15, 0.2) is 0 Å². The zero-order valence-electron chi connectivity index (χ0n) is 15.2. The Hall–Kier alpha value is -3.72. The van der Waals surface area contributed by atoms with Crippen molar-refractivity contribution >= 4 is 43.6 Å². The average Bonchev–Trinajstić information content (AvgIpc) is 3.05. The minimum atomic E-state index is 0.695. The summed E-state index contributed by atoms with van der Waals surface area (Å²) in [5.41, 5.74) is 5.29. The Morgan fingerprint density at radius 2 is 1.36 bits per heavy atom. The van der Waals surface area contributed by atoms with E-state index < -0.39 is 0 Å². The number of aromatic nitrogens is 3. The lowest BCUT2D eigenvalue weighted by molar-refractivity contribution is 0.834. The average molecular weight is 359 g/mol. The quantitative estimate of drug-likeness (QED) is 0.383. The van der Waals surface area contributed by atoms with Crippen LogP contribution in [0.1, 0.15) is 5.69 Å². The van der Waals surface area contributed by atoms with Crippen LogP contribution in [0.15, 0.2) is 91.1 Å². The molecule has 0 radical (unpaired) electrons. The molecule has 0 aliphatic carbocycles. The first-order chi connectivity index (χ1) is 13.9. The first-order valence-electron chi connectivity index (χ1n) is 9.47. The Morgan fingerprint density at radius 1 is 0.643 bits per heavy atom. The predicted octanol–water partition coefficient (Wildman–Crippen LogP) is 5.94. The van der Waals surface area contributed by atoms with Crippen molar-refractivity contribution in [3.8, 4) is 0 Å². The third-order valence-corrected chi connectivity index (χ3v) is 5.46. The summed E-state index contributed by atoms with van der Waals surface area (Å²) in [4.78, 5) is 9.44. The van der Waals surface area contributed by atoms with Crippen molar-refractivity contribution < 1.29 is 0 Å². The van der Waals surface area contributed by atoms with E-state index in [0.29, 0.717) is 6.54 Å². The van der Waals surface area contributed by atoms with E-state index in [2.05, 4.69) is 70.2 Å². The van der Waals surface area contributed by atoms with Crippen LogP contribution in [0.25, 0.3) is 43.6 Å². The fraction of sp³-hybridized carbons (Fsp3) is 0.0400. The van der Waals surface area contributed by atoms with Gasteiger partial charge in [-0.2, -0.15) is 0 Å². The second kappa shape index (κ2) is 5.89. The molecule has 0 spiro atoms. The molecule has 2 aromatic heterocycles. The molecule has 0 fully saturated rings. The molecule has 0 aliphatic rings. The van der Waals surface area contributed by atoms with Gasteiger partial charge < -0.3 is 4.57 Å². The fourth-order valence-corrected chi connectivity index (χ4v) is 4.14. The van der Waals surface area contributed by atoms with E-state index in [-0.39, 0.29) is 0 Å². The van der Waals surface area contributed by atoms with Crippen LogP contribution in [0.5, 0.6) is 0 Å². The van der Waals surface area contributed by atoms with Gasteiger partial charge in [-0.25, -0.2) is 4.98 Å².